The average Bonchev–Trinajstić information content (AvgIpc) is 2.42. The monoisotopic (exact) mass is 289 g/mol. The Labute approximate surface area is 123 Å². The predicted octanol–water partition coefficient (Wildman–Crippen LogP) is 4.22. The molecule has 0 bridgehead atoms. The molecule has 0 heterocycles. The van der Waals surface area contributed by atoms with Gasteiger partial charge in [0.25, 0.3) is 5.91 Å². The van der Waals surface area contributed by atoms with Crippen molar-refractivity contribution in [2.75, 3.05) is 12.4 Å². The molecule has 0 aromatic heterocycles. The fraction of sp³-hybridized carbons (Fsp3) is 0.188. The molecule has 20 heavy (non-hydrogen) atoms. The predicted molar refractivity (Wildman–Crippen MR) is 81.9 cm³/mol. The molecule has 1 N–H and O–H groups in total. The highest BCUT2D eigenvalue weighted by Crippen LogP contribution is 2.27. The number of ether oxygens (including phenoxy) is 1. The summed E-state index contributed by atoms with van der Waals surface area (Å²) < 4.78 is 5.08. The molecule has 0 aliphatic heterocycles. The van der Waals surface area contributed by atoms with E-state index in [0.29, 0.717) is 22.0 Å². The molecule has 4 heteroatoms. The number of anilines is 1. The zero-order chi connectivity index (χ0) is 14.7. The maximum absolute atomic E-state index is 12.3. The minimum absolute atomic E-state index is 0.146. The van der Waals surface area contributed by atoms with E-state index in [2.05, 4.69) is 5.32 Å². The van der Waals surface area contributed by atoms with Crippen molar-refractivity contribution < 1.29 is 9.53 Å². The highest BCUT2D eigenvalue weighted by atomic mass is 35.5. The van der Waals surface area contributed by atoms with Gasteiger partial charge in [-0.3, -0.25) is 4.79 Å². The van der Waals surface area contributed by atoms with Crippen molar-refractivity contribution in [3.63, 3.8) is 0 Å². The number of hydrogen-bond acceptors (Lipinski definition) is 2. The number of methoxy groups -OCH3 is 1. The smallest absolute Gasteiger partial charge is 0.255 e. The van der Waals surface area contributed by atoms with E-state index in [0.717, 1.165) is 11.1 Å². The number of rotatable bonds is 3. The second kappa shape index (κ2) is 5.97. The molecule has 1 amide bonds. The van der Waals surface area contributed by atoms with E-state index in [1.54, 1.807) is 25.3 Å². The van der Waals surface area contributed by atoms with E-state index in [4.69, 9.17) is 16.3 Å². The molecule has 0 atom stereocenters. The van der Waals surface area contributed by atoms with E-state index >= 15 is 0 Å². The number of hydrogen-bond donors (Lipinski definition) is 1. The molecule has 2 aromatic carbocycles. The Morgan fingerprint density at radius 2 is 1.95 bits per heavy atom. The van der Waals surface area contributed by atoms with Gasteiger partial charge in [-0.2, -0.15) is 0 Å². The highest BCUT2D eigenvalue weighted by molar-refractivity contribution is 6.32. The van der Waals surface area contributed by atoms with Crippen LogP contribution >= 0.6 is 11.6 Å². The lowest BCUT2D eigenvalue weighted by Crippen LogP contribution is -2.13. The molecule has 0 saturated heterocycles. The molecule has 0 fully saturated rings. The van der Waals surface area contributed by atoms with Crippen LogP contribution in [0.1, 0.15) is 21.5 Å². The summed E-state index contributed by atoms with van der Waals surface area (Å²) in [6.45, 7) is 3.92. The fourth-order valence-electron chi connectivity index (χ4n) is 1.94. The number of halogens is 1. The van der Waals surface area contributed by atoms with Gasteiger partial charge in [0.05, 0.1) is 12.1 Å². The molecule has 0 spiro atoms. The van der Waals surface area contributed by atoms with Crippen molar-refractivity contribution in [3.05, 3.63) is 58.1 Å². The van der Waals surface area contributed by atoms with Crippen LogP contribution in [0.25, 0.3) is 0 Å². The number of benzene rings is 2. The van der Waals surface area contributed by atoms with Gasteiger partial charge in [0.15, 0.2) is 0 Å². The van der Waals surface area contributed by atoms with Crippen LogP contribution < -0.4 is 10.1 Å². The first-order chi connectivity index (χ1) is 9.52. The number of carbonyl (C=O) groups excluding carboxylic acids is 1. The zero-order valence-electron chi connectivity index (χ0n) is 11.7. The SMILES string of the molecule is COc1ccc(NC(=O)c2cccc(C)c2C)cc1Cl. The molecular weight excluding hydrogens is 274 g/mol. The summed E-state index contributed by atoms with van der Waals surface area (Å²) in [6.07, 6.45) is 0. The van der Waals surface area contributed by atoms with Gasteiger partial charge in [-0.05, 0) is 49.2 Å². The Balaban J connectivity index is 2.24. The van der Waals surface area contributed by atoms with E-state index in [1.807, 2.05) is 32.0 Å². The second-order valence-electron chi connectivity index (χ2n) is 4.55. The number of carbonyl (C=O) groups is 1. The van der Waals surface area contributed by atoms with Gasteiger partial charge in [-0.25, -0.2) is 0 Å². The average molecular weight is 290 g/mol. The van der Waals surface area contributed by atoms with Gasteiger partial charge in [-0.1, -0.05) is 23.7 Å². The van der Waals surface area contributed by atoms with Gasteiger partial charge in [0, 0.05) is 11.3 Å². The third-order valence-corrected chi connectivity index (χ3v) is 3.55. The van der Waals surface area contributed by atoms with E-state index in [1.165, 1.54) is 0 Å². The van der Waals surface area contributed by atoms with Crippen LogP contribution in [0.5, 0.6) is 5.75 Å². The van der Waals surface area contributed by atoms with Gasteiger partial charge in [0.1, 0.15) is 5.75 Å². The quantitative estimate of drug-likeness (QED) is 0.919. The topological polar surface area (TPSA) is 38.3 Å². The number of aryl methyl sites for hydroxylation is 1. The van der Waals surface area contributed by atoms with Crippen LogP contribution in [0.2, 0.25) is 5.02 Å². The second-order valence-corrected chi connectivity index (χ2v) is 4.96. The van der Waals surface area contributed by atoms with Crippen molar-refractivity contribution in [1.29, 1.82) is 0 Å². The van der Waals surface area contributed by atoms with Gasteiger partial charge >= 0.3 is 0 Å². The summed E-state index contributed by atoms with van der Waals surface area (Å²) in [5.41, 5.74) is 3.37. The molecule has 3 nitrogen and oxygen atoms in total. The number of amides is 1. The normalized spacial score (nSPS) is 10.2. The summed E-state index contributed by atoms with van der Waals surface area (Å²) in [7, 11) is 1.55. The summed E-state index contributed by atoms with van der Waals surface area (Å²) in [4.78, 5) is 12.3. The molecule has 2 aromatic rings. The fourth-order valence-corrected chi connectivity index (χ4v) is 2.20. The summed E-state index contributed by atoms with van der Waals surface area (Å²) in [5.74, 6) is 0.434. The minimum Gasteiger partial charge on any atom is -0.495 e. The van der Waals surface area contributed by atoms with Crippen molar-refractivity contribution in [1.82, 2.24) is 0 Å². The van der Waals surface area contributed by atoms with Gasteiger partial charge < -0.3 is 10.1 Å². The van der Waals surface area contributed by atoms with E-state index in [9.17, 15) is 4.79 Å². The molecule has 0 aliphatic rings. The van der Waals surface area contributed by atoms with E-state index < -0.39 is 0 Å². The van der Waals surface area contributed by atoms with Gasteiger partial charge in [0.2, 0.25) is 0 Å². The molecule has 0 radical (unpaired) electrons. The van der Waals surface area contributed by atoms with Crippen LogP contribution in [0, 0.1) is 13.8 Å². The van der Waals surface area contributed by atoms with Crippen molar-refractivity contribution in [2.24, 2.45) is 0 Å². The molecule has 0 unspecified atom stereocenters. The van der Waals surface area contributed by atoms with Crippen LogP contribution in [-0.2, 0) is 0 Å². The molecular formula is C16H16ClNO2. The highest BCUT2D eigenvalue weighted by Gasteiger charge is 2.11. The minimum atomic E-state index is -0.146. The van der Waals surface area contributed by atoms with Crippen LogP contribution in [0.4, 0.5) is 5.69 Å². The van der Waals surface area contributed by atoms with Crippen LogP contribution in [0.3, 0.4) is 0 Å². The molecule has 0 aliphatic carbocycles. The molecule has 2 rings (SSSR count). The lowest BCUT2D eigenvalue weighted by atomic mass is 10.0. The largest absolute Gasteiger partial charge is 0.495 e. The van der Waals surface area contributed by atoms with Gasteiger partial charge in [-0.15, -0.1) is 0 Å². The molecule has 0 saturated carbocycles. The van der Waals surface area contributed by atoms with Crippen LogP contribution in [-0.4, -0.2) is 13.0 Å². The Morgan fingerprint density at radius 1 is 1.20 bits per heavy atom. The summed E-state index contributed by atoms with van der Waals surface area (Å²) >= 11 is 6.04. The lowest BCUT2D eigenvalue weighted by Gasteiger charge is -2.10. The molecule has 104 valence electrons. The Hall–Kier alpha value is -2.00. The maximum atomic E-state index is 12.3. The van der Waals surface area contributed by atoms with Crippen LogP contribution in [0.15, 0.2) is 36.4 Å². The lowest BCUT2D eigenvalue weighted by molar-refractivity contribution is 0.102. The van der Waals surface area contributed by atoms with E-state index in [-0.39, 0.29) is 5.91 Å². The first-order valence-electron chi connectivity index (χ1n) is 6.24. The third kappa shape index (κ3) is 2.94. The Bertz CT molecular complexity index is 653. The van der Waals surface area contributed by atoms with Crippen molar-refractivity contribution in [2.45, 2.75) is 13.8 Å². The van der Waals surface area contributed by atoms with Crippen molar-refractivity contribution >= 4 is 23.2 Å². The number of nitrogens with one attached hydrogen (secondary N) is 1. The maximum Gasteiger partial charge on any atom is 0.255 e. The third-order valence-electron chi connectivity index (χ3n) is 3.26. The standard InChI is InChI=1S/C16H16ClNO2/c1-10-5-4-6-13(11(10)2)16(19)18-12-7-8-15(20-3)14(17)9-12/h4-9H,1-3H3,(H,18,19). The Kier molecular flexibility index (Phi) is 4.30. The summed E-state index contributed by atoms with van der Waals surface area (Å²) in [6, 6.07) is 10.8. The summed E-state index contributed by atoms with van der Waals surface area (Å²) in [5, 5.41) is 3.30. The zero-order valence-corrected chi connectivity index (χ0v) is 12.4. The van der Waals surface area contributed by atoms with Crippen molar-refractivity contribution in [3.8, 4) is 5.75 Å². The Morgan fingerprint density at radius 3 is 2.60 bits per heavy atom. The first-order valence-corrected chi connectivity index (χ1v) is 6.62. The first kappa shape index (κ1) is 14.4.